The molecule has 1 aromatic carbocycles. The molecule has 1 rings (SSSR count). The molecule has 6 heteroatoms. The fraction of sp³-hybridized carbons (Fsp3) is 0.556. The van der Waals surface area contributed by atoms with E-state index in [1.54, 1.807) is 16.4 Å². The van der Waals surface area contributed by atoms with Crippen LogP contribution >= 0.6 is 18.8 Å². The number of nitrogens with zero attached hydrogens (tertiary/aromatic N) is 2. The molecule has 0 N–H and O–H groups in total. The van der Waals surface area contributed by atoms with Crippen LogP contribution in [-0.2, 0) is 0 Å². The van der Waals surface area contributed by atoms with Crippen molar-refractivity contribution in [2.24, 2.45) is 0 Å². The molecule has 2 unspecified atom stereocenters. The Morgan fingerprint density at radius 2 is 1.40 bits per heavy atom. The molecule has 0 aromatic heterocycles. The van der Waals surface area contributed by atoms with Crippen molar-refractivity contribution in [2.45, 2.75) is 26.3 Å². The predicted molar refractivity (Wildman–Crippen MR) is 71.4 cm³/mol. The molecular formula is C9H16N2O2P2. The van der Waals surface area contributed by atoms with E-state index in [9.17, 15) is 9.59 Å². The van der Waals surface area contributed by atoms with Crippen molar-refractivity contribution in [1.29, 1.82) is 0 Å². The number of anilines is 2. The zero-order valence-corrected chi connectivity index (χ0v) is 11.7. The van der Waals surface area contributed by atoms with Gasteiger partial charge in [0, 0.05) is 12.6 Å². The van der Waals surface area contributed by atoms with Crippen LogP contribution in [0, 0.1) is 0 Å². The highest BCUT2D eigenvalue weighted by Crippen LogP contribution is 2.33. The summed E-state index contributed by atoms with van der Waals surface area (Å²) in [4.78, 5) is 22.8. The van der Waals surface area contributed by atoms with Crippen LogP contribution in [0.2, 0.25) is 0 Å². The Bertz CT molecular complexity index is 441. The third-order valence-corrected chi connectivity index (χ3v) is 3.47. The molecule has 0 aliphatic heterocycles. The molecule has 0 aliphatic rings. The van der Waals surface area contributed by atoms with Gasteiger partial charge in [-0.3, -0.25) is 9.59 Å². The van der Waals surface area contributed by atoms with E-state index in [4.69, 9.17) is 0 Å². The lowest BCUT2D eigenvalue weighted by atomic mass is 10.1. The maximum Gasteiger partial charge on any atom is 0.253 e. The average molecular weight is 246 g/mol. The van der Waals surface area contributed by atoms with Gasteiger partial charge in [-0.2, -0.15) is 0 Å². The first-order chi connectivity index (χ1) is 6.68. The molecule has 0 saturated carbocycles. The molecule has 0 saturated heterocycles. The Hall–Kier alpha value is -0.460. The van der Waals surface area contributed by atoms with Crippen molar-refractivity contribution >= 4 is 30.2 Å². The minimum atomic E-state index is -0.417. The minimum absolute atomic E-state index is 0.206. The number of hydrogen-bond donors (Lipinski definition) is 0. The molecule has 15 heavy (non-hydrogen) atoms. The molecule has 84 valence electrons. The van der Waals surface area contributed by atoms with Crippen LogP contribution in [0.25, 0.3) is 0 Å². The zero-order chi connectivity index (χ0) is 12.0. The van der Waals surface area contributed by atoms with Gasteiger partial charge in [-0.25, -0.2) is 0 Å². The van der Waals surface area contributed by atoms with Gasteiger partial charge in [-0.05, 0) is 39.6 Å². The van der Waals surface area contributed by atoms with Gasteiger partial charge in [0.1, 0.15) is 11.4 Å². The van der Waals surface area contributed by atoms with E-state index in [2.05, 4.69) is 18.8 Å². The molecule has 0 fully saturated rings. The van der Waals surface area contributed by atoms with Gasteiger partial charge < -0.3 is 9.34 Å². The first kappa shape index (κ1) is 12.6. The summed E-state index contributed by atoms with van der Waals surface area (Å²) in [5, 5.41) is 0. The monoisotopic (exact) mass is 246 g/mol. The highest BCUT2D eigenvalue weighted by Gasteiger charge is 2.30. The minimum Gasteiger partial charge on any atom is -0.354 e. The van der Waals surface area contributed by atoms with Crippen LogP contribution < -0.4 is 20.2 Å². The fourth-order valence-electron chi connectivity index (χ4n) is 1.25. The van der Waals surface area contributed by atoms with E-state index < -0.39 is 10.9 Å². The Labute approximate surface area is 93.9 Å². The van der Waals surface area contributed by atoms with Crippen molar-refractivity contribution in [3.8, 4) is 0 Å². The highest BCUT2D eigenvalue weighted by atomic mass is 31.0. The summed E-state index contributed by atoms with van der Waals surface area (Å²) in [7, 11) is 6.60. The van der Waals surface area contributed by atoms with Crippen molar-refractivity contribution in [3.63, 3.8) is 0 Å². The quantitative estimate of drug-likeness (QED) is 0.574. The van der Waals surface area contributed by atoms with E-state index in [1.807, 2.05) is 20.8 Å². The number of hydrogen-bond acceptors (Lipinski definition) is 4. The van der Waals surface area contributed by atoms with E-state index >= 15 is 0 Å². The van der Waals surface area contributed by atoms with Gasteiger partial charge in [-0.15, -0.1) is 0 Å². The maximum absolute atomic E-state index is 11.5. The Balaban J connectivity index is 3.23. The molecule has 0 bridgehead atoms. The van der Waals surface area contributed by atoms with Gasteiger partial charge in [0.05, 0.1) is 0 Å². The van der Waals surface area contributed by atoms with Crippen molar-refractivity contribution in [1.82, 2.24) is 0 Å². The molecule has 2 atom stereocenters. The summed E-state index contributed by atoms with van der Waals surface area (Å²) in [5.74, 6) is 0. The third kappa shape index (κ3) is 2.07. The topological polar surface area (TPSA) is 40.6 Å². The van der Waals surface area contributed by atoms with E-state index in [-0.39, 0.29) is 5.54 Å². The van der Waals surface area contributed by atoms with Crippen LogP contribution in [0.5, 0.6) is 0 Å². The van der Waals surface area contributed by atoms with Crippen LogP contribution in [0.15, 0.2) is 9.59 Å². The summed E-state index contributed by atoms with van der Waals surface area (Å²) in [6.07, 6.45) is 0. The second-order valence-corrected chi connectivity index (χ2v) is 5.80. The molecule has 0 heterocycles. The largest absolute Gasteiger partial charge is 0.354 e. The van der Waals surface area contributed by atoms with Gasteiger partial charge in [0.15, 0.2) is 0 Å². The molecule has 1 aromatic rings. The first-order valence-electron chi connectivity index (χ1n) is 4.54. The highest BCUT2D eigenvalue weighted by molar-refractivity contribution is 7.20. The van der Waals surface area contributed by atoms with Crippen LogP contribution in [-0.4, -0.2) is 12.6 Å². The van der Waals surface area contributed by atoms with Gasteiger partial charge >= 0.3 is 0 Å². The summed E-state index contributed by atoms with van der Waals surface area (Å²) in [5.41, 5.74) is -0.115. The van der Waals surface area contributed by atoms with E-state index in [1.165, 1.54) is 0 Å². The Kier molecular flexibility index (Phi) is 3.23. The number of rotatable bonds is 2. The lowest BCUT2D eigenvalue weighted by molar-refractivity contribution is 0.587. The van der Waals surface area contributed by atoms with Gasteiger partial charge in [-0.1, -0.05) is 0 Å². The van der Waals surface area contributed by atoms with Crippen LogP contribution in [0.1, 0.15) is 20.8 Å². The lowest BCUT2D eigenvalue weighted by Gasteiger charge is -2.36. The van der Waals surface area contributed by atoms with Crippen LogP contribution in [0.4, 0.5) is 11.4 Å². The Morgan fingerprint density at radius 3 is 1.73 bits per heavy atom. The van der Waals surface area contributed by atoms with Crippen molar-refractivity contribution < 1.29 is 0 Å². The fourth-order valence-corrected chi connectivity index (χ4v) is 1.73. The molecule has 0 spiro atoms. The normalized spacial score (nSPS) is 11.9. The molecule has 0 radical (unpaired) electrons. The molecule has 0 amide bonds. The maximum atomic E-state index is 11.5. The standard InChI is InChI=1S/C9H16N2O2P2/c1-9(2,3)11(15)6-5(10(4)14)7(12)8(6)13/h14-15H2,1-4H3. The average Bonchev–Trinajstić information content (AvgIpc) is 2.08. The zero-order valence-electron chi connectivity index (χ0n) is 9.37. The summed E-state index contributed by atoms with van der Waals surface area (Å²) < 4.78 is 3.36. The van der Waals surface area contributed by atoms with Gasteiger partial charge in [0.25, 0.3) is 10.9 Å². The molecular weight excluding hydrogens is 230 g/mol. The summed E-state index contributed by atoms with van der Waals surface area (Å²) in [6.45, 7) is 5.93. The third-order valence-electron chi connectivity index (χ3n) is 2.18. The second-order valence-electron chi connectivity index (χ2n) is 4.51. The van der Waals surface area contributed by atoms with E-state index in [0.29, 0.717) is 11.4 Å². The SMILES string of the molecule is CN(P)c1c(N(P)C(C)(C)C)c(=O)c1=O. The predicted octanol–water partition coefficient (Wildman–Crippen LogP) is 0.904. The van der Waals surface area contributed by atoms with Crippen molar-refractivity contribution in [3.05, 3.63) is 20.4 Å². The Morgan fingerprint density at radius 1 is 1.00 bits per heavy atom. The lowest BCUT2D eigenvalue weighted by Crippen LogP contribution is -2.45. The van der Waals surface area contributed by atoms with Gasteiger partial charge in [0.2, 0.25) is 0 Å². The second kappa shape index (κ2) is 3.84. The van der Waals surface area contributed by atoms with Crippen LogP contribution in [0.3, 0.4) is 0 Å². The van der Waals surface area contributed by atoms with Crippen molar-refractivity contribution in [2.75, 3.05) is 16.4 Å². The summed E-state index contributed by atoms with van der Waals surface area (Å²) in [6, 6.07) is 0. The molecule has 4 nitrogen and oxygen atoms in total. The van der Waals surface area contributed by atoms with E-state index in [0.717, 1.165) is 0 Å². The molecule has 0 aliphatic carbocycles. The first-order valence-corrected chi connectivity index (χ1v) is 5.58. The summed E-state index contributed by atoms with van der Waals surface area (Å²) >= 11 is 0. The smallest absolute Gasteiger partial charge is 0.253 e.